The van der Waals surface area contributed by atoms with Gasteiger partial charge in [-0.25, -0.2) is 8.78 Å². The summed E-state index contributed by atoms with van der Waals surface area (Å²) in [5.41, 5.74) is 2.26. The Bertz CT molecular complexity index is 940. The topological polar surface area (TPSA) is 9.23 Å². The number of ether oxygens (including phenoxy) is 1. The first-order valence-corrected chi connectivity index (χ1v) is 10.6. The normalized spacial score (nSPS) is 21.0. The van der Waals surface area contributed by atoms with Gasteiger partial charge in [0.05, 0.1) is 0 Å². The molecule has 2 aromatic carbocycles. The molecule has 0 aromatic heterocycles. The molecule has 1 heterocycles. The van der Waals surface area contributed by atoms with Crippen LogP contribution in [-0.4, -0.2) is 0 Å². The van der Waals surface area contributed by atoms with Crippen LogP contribution in [0.25, 0.3) is 0 Å². The Labute approximate surface area is 170 Å². The van der Waals surface area contributed by atoms with Crippen molar-refractivity contribution in [2.75, 3.05) is 0 Å². The highest BCUT2D eigenvalue weighted by atomic mass is 19.2. The molecule has 4 heteroatoms. The first-order chi connectivity index (χ1) is 14.0. The van der Waals surface area contributed by atoms with E-state index in [1.54, 1.807) is 6.07 Å². The Morgan fingerprint density at radius 2 is 1.69 bits per heavy atom. The summed E-state index contributed by atoms with van der Waals surface area (Å²) < 4.78 is 50.0. The van der Waals surface area contributed by atoms with Crippen molar-refractivity contribution in [3.63, 3.8) is 0 Å². The molecule has 2 aromatic rings. The number of hydrogen-bond acceptors (Lipinski definition) is 1. The number of benzene rings is 2. The van der Waals surface area contributed by atoms with Gasteiger partial charge < -0.3 is 4.74 Å². The molecule has 1 aliphatic carbocycles. The number of hydrogen-bond donors (Lipinski definition) is 0. The SMILES string of the molecule is C/C=C/C1CCC(c2ccc3c(c2F)Oc2c(cc(CCC)c(F)c2F)C3)CC1. The second-order valence-electron chi connectivity index (χ2n) is 8.28. The van der Waals surface area contributed by atoms with Gasteiger partial charge in [-0.15, -0.1) is 0 Å². The van der Waals surface area contributed by atoms with Crippen LogP contribution in [0.4, 0.5) is 13.2 Å². The zero-order valence-electron chi connectivity index (χ0n) is 17.0. The zero-order valence-corrected chi connectivity index (χ0v) is 17.0. The molecule has 1 saturated carbocycles. The van der Waals surface area contributed by atoms with E-state index in [4.69, 9.17) is 4.74 Å². The van der Waals surface area contributed by atoms with Crippen LogP contribution in [0.1, 0.15) is 74.1 Å². The Morgan fingerprint density at radius 1 is 0.966 bits per heavy atom. The molecule has 154 valence electrons. The minimum absolute atomic E-state index is 0.0621. The molecule has 0 N–H and O–H groups in total. The van der Waals surface area contributed by atoms with Crippen molar-refractivity contribution >= 4 is 0 Å². The summed E-state index contributed by atoms with van der Waals surface area (Å²) in [6.07, 6.45) is 9.76. The quantitative estimate of drug-likeness (QED) is 0.410. The van der Waals surface area contributed by atoms with Crippen molar-refractivity contribution in [2.45, 2.75) is 64.7 Å². The largest absolute Gasteiger partial charge is 0.450 e. The lowest BCUT2D eigenvalue weighted by Crippen LogP contribution is -2.15. The molecule has 0 saturated heterocycles. The maximum atomic E-state index is 15.4. The van der Waals surface area contributed by atoms with E-state index in [9.17, 15) is 8.78 Å². The molecule has 1 nitrogen and oxygen atoms in total. The fraction of sp³-hybridized carbons (Fsp3) is 0.440. The standard InChI is InChI=1S/C25H27F3O/c1-3-5-15-7-9-16(10-8-15)20-12-11-18-14-19-13-17(6-4-2)21(26)23(28)25(19)29-24(18)22(20)27/h3,5,11-13,15-16H,4,6-10,14H2,1-2H3/b5-3+. The molecule has 1 fully saturated rings. The van der Waals surface area contributed by atoms with E-state index in [-0.39, 0.29) is 17.4 Å². The van der Waals surface area contributed by atoms with E-state index in [1.807, 2.05) is 26.0 Å². The van der Waals surface area contributed by atoms with Crippen LogP contribution in [-0.2, 0) is 12.8 Å². The third kappa shape index (κ3) is 3.70. The Kier molecular flexibility index (Phi) is 5.71. The van der Waals surface area contributed by atoms with Gasteiger partial charge in [0.1, 0.15) is 0 Å². The van der Waals surface area contributed by atoms with Gasteiger partial charge >= 0.3 is 0 Å². The molecule has 2 aliphatic rings. The first kappa shape index (κ1) is 20.1. The van der Waals surface area contributed by atoms with Crippen LogP contribution in [0.3, 0.4) is 0 Å². The van der Waals surface area contributed by atoms with Gasteiger partial charge in [-0.3, -0.25) is 0 Å². The van der Waals surface area contributed by atoms with Crippen LogP contribution in [0, 0.1) is 23.4 Å². The van der Waals surface area contributed by atoms with E-state index >= 15 is 4.39 Å². The van der Waals surface area contributed by atoms with Gasteiger partial charge in [0.25, 0.3) is 0 Å². The maximum absolute atomic E-state index is 15.4. The second-order valence-corrected chi connectivity index (χ2v) is 8.28. The van der Waals surface area contributed by atoms with Crippen LogP contribution >= 0.6 is 0 Å². The van der Waals surface area contributed by atoms with Crippen molar-refractivity contribution in [1.82, 2.24) is 0 Å². The summed E-state index contributed by atoms with van der Waals surface area (Å²) in [5.74, 6) is -1.70. The summed E-state index contributed by atoms with van der Waals surface area (Å²) in [6.45, 7) is 3.95. The van der Waals surface area contributed by atoms with E-state index < -0.39 is 17.5 Å². The first-order valence-electron chi connectivity index (χ1n) is 10.6. The summed E-state index contributed by atoms with van der Waals surface area (Å²) in [7, 11) is 0. The van der Waals surface area contributed by atoms with Gasteiger partial charge in [0.15, 0.2) is 23.1 Å². The molecule has 0 bridgehead atoms. The van der Waals surface area contributed by atoms with Crippen molar-refractivity contribution in [1.29, 1.82) is 0 Å². The van der Waals surface area contributed by atoms with Gasteiger partial charge in [-0.2, -0.15) is 4.39 Å². The molecular weight excluding hydrogens is 373 g/mol. The molecule has 0 amide bonds. The lowest BCUT2D eigenvalue weighted by atomic mass is 9.78. The van der Waals surface area contributed by atoms with Crippen LogP contribution < -0.4 is 4.74 Å². The average Bonchev–Trinajstić information content (AvgIpc) is 2.72. The number of rotatable bonds is 4. The molecule has 4 rings (SSSR count). The zero-order chi connectivity index (χ0) is 20.5. The molecule has 1 aliphatic heterocycles. The summed E-state index contributed by atoms with van der Waals surface area (Å²) in [5, 5.41) is 0. The van der Waals surface area contributed by atoms with Gasteiger partial charge in [0, 0.05) is 17.5 Å². The van der Waals surface area contributed by atoms with Crippen LogP contribution in [0.5, 0.6) is 11.5 Å². The highest BCUT2D eigenvalue weighted by Crippen LogP contribution is 2.45. The predicted octanol–water partition coefficient (Wildman–Crippen LogP) is 7.60. The van der Waals surface area contributed by atoms with Crippen molar-refractivity contribution in [3.05, 3.63) is 70.1 Å². The average molecular weight is 400 g/mol. The lowest BCUT2D eigenvalue weighted by Gasteiger charge is -2.29. The minimum Gasteiger partial charge on any atom is -0.450 e. The highest BCUT2D eigenvalue weighted by Gasteiger charge is 2.30. The minimum atomic E-state index is -1.01. The smallest absolute Gasteiger partial charge is 0.201 e. The molecule has 29 heavy (non-hydrogen) atoms. The second kappa shape index (κ2) is 8.25. The van der Waals surface area contributed by atoms with E-state index in [2.05, 4.69) is 12.2 Å². The number of aryl methyl sites for hydroxylation is 1. The van der Waals surface area contributed by atoms with Gasteiger partial charge in [0.2, 0.25) is 5.82 Å². The van der Waals surface area contributed by atoms with Crippen molar-refractivity contribution in [3.8, 4) is 11.5 Å². The third-order valence-electron chi connectivity index (χ3n) is 6.30. The van der Waals surface area contributed by atoms with Crippen LogP contribution in [0.2, 0.25) is 0 Å². The fourth-order valence-electron chi connectivity index (χ4n) is 4.79. The molecule has 0 radical (unpaired) electrons. The van der Waals surface area contributed by atoms with Crippen molar-refractivity contribution < 1.29 is 17.9 Å². The highest BCUT2D eigenvalue weighted by molar-refractivity contribution is 5.54. The summed E-state index contributed by atoms with van der Waals surface area (Å²) >= 11 is 0. The number of fused-ring (bicyclic) bond motifs is 2. The maximum Gasteiger partial charge on any atom is 0.201 e. The van der Waals surface area contributed by atoms with Crippen LogP contribution in [0.15, 0.2) is 30.4 Å². The van der Waals surface area contributed by atoms with E-state index in [0.717, 1.165) is 32.1 Å². The third-order valence-corrected chi connectivity index (χ3v) is 6.30. The fourth-order valence-corrected chi connectivity index (χ4v) is 4.79. The number of halogens is 3. The predicted molar refractivity (Wildman–Crippen MR) is 109 cm³/mol. The van der Waals surface area contributed by atoms with Crippen molar-refractivity contribution in [2.24, 2.45) is 5.92 Å². The Balaban J connectivity index is 1.63. The molecular formula is C25H27F3O. The molecule has 0 spiro atoms. The molecule has 0 unspecified atom stereocenters. The monoisotopic (exact) mass is 400 g/mol. The number of allylic oxidation sites excluding steroid dienone is 2. The van der Waals surface area contributed by atoms with E-state index in [1.165, 1.54) is 0 Å². The Morgan fingerprint density at radius 3 is 2.38 bits per heavy atom. The molecule has 0 atom stereocenters. The van der Waals surface area contributed by atoms with Gasteiger partial charge in [-0.05, 0) is 68.1 Å². The summed E-state index contributed by atoms with van der Waals surface area (Å²) in [4.78, 5) is 0. The summed E-state index contributed by atoms with van der Waals surface area (Å²) in [6, 6.07) is 5.40. The Hall–Kier alpha value is -2.23. The van der Waals surface area contributed by atoms with E-state index in [0.29, 0.717) is 41.0 Å². The lowest BCUT2D eigenvalue weighted by molar-refractivity contribution is 0.353. The van der Waals surface area contributed by atoms with Gasteiger partial charge in [-0.1, -0.05) is 37.6 Å².